The summed E-state index contributed by atoms with van der Waals surface area (Å²) in [6, 6.07) is 11.2. The zero-order chi connectivity index (χ0) is 10.8. The predicted octanol–water partition coefficient (Wildman–Crippen LogP) is 2.53. The molecule has 0 heterocycles. The molecule has 2 nitrogen and oxygen atoms in total. The van der Waals surface area contributed by atoms with Crippen molar-refractivity contribution in [3.63, 3.8) is 0 Å². The normalized spacial score (nSPS) is 10.5. The van der Waals surface area contributed by atoms with Crippen LogP contribution in [-0.4, -0.2) is 10.9 Å². The molecule has 0 spiro atoms. The average molecular weight is 200 g/mol. The highest BCUT2D eigenvalue weighted by atomic mass is 16.3. The average Bonchev–Trinajstić information content (AvgIpc) is 2.27. The van der Waals surface area contributed by atoms with E-state index in [9.17, 15) is 9.90 Å². The van der Waals surface area contributed by atoms with Crippen LogP contribution in [-0.2, 0) is 6.61 Å². The summed E-state index contributed by atoms with van der Waals surface area (Å²) >= 11 is 0. The van der Waals surface area contributed by atoms with Gasteiger partial charge in [-0.05, 0) is 23.3 Å². The van der Waals surface area contributed by atoms with E-state index in [2.05, 4.69) is 0 Å². The number of benzene rings is 2. The minimum Gasteiger partial charge on any atom is -0.392 e. The maximum atomic E-state index is 11.4. The lowest BCUT2D eigenvalue weighted by atomic mass is 9.98. The summed E-state index contributed by atoms with van der Waals surface area (Å²) in [5.74, 6) is 0.0516. The molecule has 2 heteroatoms. The Kier molecular flexibility index (Phi) is 2.52. The third-order valence-electron chi connectivity index (χ3n) is 2.56. The molecule has 1 N–H and O–H groups in total. The van der Waals surface area contributed by atoms with Crippen molar-refractivity contribution in [3.8, 4) is 0 Å². The second-order valence-corrected chi connectivity index (χ2v) is 3.53. The van der Waals surface area contributed by atoms with Gasteiger partial charge in [-0.1, -0.05) is 36.4 Å². The molecule has 0 unspecified atom stereocenters. The first kappa shape index (κ1) is 9.87. The van der Waals surface area contributed by atoms with E-state index in [-0.39, 0.29) is 12.4 Å². The van der Waals surface area contributed by atoms with E-state index in [4.69, 9.17) is 0 Å². The van der Waals surface area contributed by atoms with Crippen LogP contribution in [0.2, 0.25) is 0 Å². The minimum absolute atomic E-state index is 0.00129. The van der Waals surface area contributed by atoms with Crippen LogP contribution in [0.25, 0.3) is 10.8 Å². The Morgan fingerprint density at radius 1 is 1.13 bits per heavy atom. The number of rotatable bonds is 2. The summed E-state index contributed by atoms with van der Waals surface area (Å²) in [6.45, 7) is 1.55. The smallest absolute Gasteiger partial charge is 0.160 e. The van der Waals surface area contributed by atoms with Gasteiger partial charge in [-0.15, -0.1) is 0 Å². The van der Waals surface area contributed by atoms with Crippen molar-refractivity contribution in [3.05, 3.63) is 47.5 Å². The molecule has 2 aromatic rings. The molecule has 0 atom stereocenters. The first-order valence-electron chi connectivity index (χ1n) is 4.86. The molecule has 76 valence electrons. The van der Waals surface area contributed by atoms with Crippen LogP contribution in [0.15, 0.2) is 36.4 Å². The van der Waals surface area contributed by atoms with Crippen LogP contribution >= 0.6 is 0 Å². The molecule has 0 fully saturated rings. The van der Waals surface area contributed by atoms with E-state index in [0.717, 1.165) is 16.3 Å². The van der Waals surface area contributed by atoms with Crippen molar-refractivity contribution in [2.45, 2.75) is 13.5 Å². The van der Waals surface area contributed by atoms with Gasteiger partial charge in [-0.3, -0.25) is 4.79 Å². The van der Waals surface area contributed by atoms with Gasteiger partial charge < -0.3 is 5.11 Å². The zero-order valence-electron chi connectivity index (χ0n) is 8.53. The number of hydrogen-bond donors (Lipinski definition) is 1. The molecule has 2 rings (SSSR count). The number of carbonyl (C=O) groups excluding carboxylic acids is 1. The van der Waals surface area contributed by atoms with Crippen LogP contribution in [0.4, 0.5) is 0 Å². The van der Waals surface area contributed by atoms with E-state index in [1.807, 2.05) is 24.3 Å². The topological polar surface area (TPSA) is 37.3 Å². The molecular weight excluding hydrogens is 188 g/mol. The van der Waals surface area contributed by atoms with Crippen LogP contribution in [0.3, 0.4) is 0 Å². The van der Waals surface area contributed by atoms with E-state index in [1.165, 1.54) is 0 Å². The van der Waals surface area contributed by atoms with Crippen molar-refractivity contribution in [1.82, 2.24) is 0 Å². The Bertz CT molecular complexity index is 515. The second kappa shape index (κ2) is 3.83. The number of aliphatic hydroxyl groups excluding tert-OH is 1. The quantitative estimate of drug-likeness (QED) is 0.756. The molecule has 0 radical (unpaired) electrons. The lowest BCUT2D eigenvalue weighted by Crippen LogP contribution is -1.96. The number of Topliss-reactive ketones (excluding diaryl/α,β-unsaturated/α-hetero) is 1. The fourth-order valence-corrected chi connectivity index (χ4v) is 1.81. The van der Waals surface area contributed by atoms with E-state index >= 15 is 0 Å². The summed E-state index contributed by atoms with van der Waals surface area (Å²) in [6.07, 6.45) is 0. The largest absolute Gasteiger partial charge is 0.392 e. The highest BCUT2D eigenvalue weighted by molar-refractivity contribution is 6.07. The summed E-state index contributed by atoms with van der Waals surface area (Å²) in [7, 11) is 0. The highest BCUT2D eigenvalue weighted by Crippen LogP contribution is 2.23. The molecule has 0 saturated heterocycles. The van der Waals surface area contributed by atoms with Gasteiger partial charge in [-0.2, -0.15) is 0 Å². The maximum absolute atomic E-state index is 11.4. The maximum Gasteiger partial charge on any atom is 0.160 e. The molecule has 2 aromatic carbocycles. The van der Waals surface area contributed by atoms with Gasteiger partial charge in [0.15, 0.2) is 5.78 Å². The number of fused-ring (bicyclic) bond motifs is 1. The van der Waals surface area contributed by atoms with Crippen molar-refractivity contribution in [1.29, 1.82) is 0 Å². The zero-order valence-corrected chi connectivity index (χ0v) is 8.53. The third kappa shape index (κ3) is 1.64. The molecule has 0 aliphatic carbocycles. The Labute approximate surface area is 88.2 Å². The Morgan fingerprint density at radius 2 is 1.80 bits per heavy atom. The SMILES string of the molecule is CC(=O)c1ccc(CO)c2ccccc12. The molecule has 0 aliphatic rings. The lowest BCUT2D eigenvalue weighted by molar-refractivity contribution is 0.101. The van der Waals surface area contributed by atoms with Gasteiger partial charge in [0.1, 0.15) is 0 Å². The summed E-state index contributed by atoms with van der Waals surface area (Å²) < 4.78 is 0. The summed E-state index contributed by atoms with van der Waals surface area (Å²) in [5.41, 5.74) is 1.57. The van der Waals surface area contributed by atoms with Crippen LogP contribution in [0.1, 0.15) is 22.8 Å². The number of aliphatic hydroxyl groups is 1. The first-order chi connectivity index (χ1) is 7.24. The van der Waals surface area contributed by atoms with Crippen molar-refractivity contribution in [2.75, 3.05) is 0 Å². The van der Waals surface area contributed by atoms with Crippen LogP contribution in [0.5, 0.6) is 0 Å². The van der Waals surface area contributed by atoms with Crippen molar-refractivity contribution in [2.24, 2.45) is 0 Å². The molecule has 0 bridgehead atoms. The number of carbonyl (C=O) groups is 1. The molecule has 15 heavy (non-hydrogen) atoms. The Morgan fingerprint density at radius 3 is 2.40 bits per heavy atom. The van der Waals surface area contributed by atoms with Gasteiger partial charge in [0, 0.05) is 5.56 Å². The lowest BCUT2D eigenvalue weighted by Gasteiger charge is -2.07. The predicted molar refractivity (Wildman–Crippen MR) is 59.9 cm³/mol. The van der Waals surface area contributed by atoms with E-state index in [1.54, 1.807) is 19.1 Å². The fourth-order valence-electron chi connectivity index (χ4n) is 1.81. The van der Waals surface area contributed by atoms with Crippen LogP contribution < -0.4 is 0 Å². The number of hydrogen-bond acceptors (Lipinski definition) is 2. The first-order valence-corrected chi connectivity index (χ1v) is 4.86. The minimum atomic E-state index is -0.00129. The molecule has 0 aromatic heterocycles. The molecule has 0 saturated carbocycles. The van der Waals surface area contributed by atoms with Crippen molar-refractivity contribution < 1.29 is 9.90 Å². The number of ketones is 1. The van der Waals surface area contributed by atoms with Gasteiger partial charge >= 0.3 is 0 Å². The Balaban J connectivity index is 2.83. The van der Waals surface area contributed by atoms with Gasteiger partial charge in [-0.25, -0.2) is 0 Å². The van der Waals surface area contributed by atoms with E-state index in [0.29, 0.717) is 5.56 Å². The van der Waals surface area contributed by atoms with Gasteiger partial charge in [0.25, 0.3) is 0 Å². The molecule has 0 aliphatic heterocycles. The third-order valence-corrected chi connectivity index (χ3v) is 2.56. The highest BCUT2D eigenvalue weighted by Gasteiger charge is 2.07. The van der Waals surface area contributed by atoms with Gasteiger partial charge in [0.05, 0.1) is 6.61 Å². The summed E-state index contributed by atoms with van der Waals surface area (Å²) in [5, 5.41) is 11.0. The monoisotopic (exact) mass is 200 g/mol. The molecule has 0 amide bonds. The fraction of sp³-hybridized carbons (Fsp3) is 0.154. The standard InChI is InChI=1S/C13H12O2/c1-9(15)11-7-6-10(8-14)12-4-2-3-5-13(11)12/h2-7,14H,8H2,1H3. The molecular formula is C13H12O2. The Hall–Kier alpha value is -1.67. The van der Waals surface area contributed by atoms with Crippen molar-refractivity contribution >= 4 is 16.6 Å². The van der Waals surface area contributed by atoms with Gasteiger partial charge in [0.2, 0.25) is 0 Å². The van der Waals surface area contributed by atoms with E-state index < -0.39 is 0 Å². The summed E-state index contributed by atoms with van der Waals surface area (Å²) in [4.78, 5) is 11.4. The second-order valence-electron chi connectivity index (χ2n) is 3.53. The van der Waals surface area contributed by atoms with Crippen LogP contribution in [0, 0.1) is 0 Å².